The summed E-state index contributed by atoms with van der Waals surface area (Å²) in [4.78, 5) is 15.9. The van der Waals surface area contributed by atoms with Gasteiger partial charge in [-0.05, 0) is 25.0 Å². The molecule has 3 N–H and O–H groups in total. The second-order valence-electron chi connectivity index (χ2n) is 4.16. The fourth-order valence-electron chi connectivity index (χ4n) is 1.81. The molecule has 1 aromatic rings. The number of aromatic nitrogens is 1. The number of hydrogen-bond acceptors (Lipinski definition) is 4. The molecule has 0 radical (unpaired) electrons. The molecule has 0 spiro atoms. The van der Waals surface area contributed by atoms with Crippen LogP contribution in [0.4, 0.5) is 5.82 Å². The highest BCUT2D eigenvalue weighted by Crippen LogP contribution is 2.16. The minimum Gasteiger partial charge on any atom is -0.384 e. The topological polar surface area (TPSA) is 85.1 Å². The van der Waals surface area contributed by atoms with Gasteiger partial charge in [-0.15, -0.1) is 0 Å². The number of carbonyl (C=O) groups is 1. The maximum atomic E-state index is 12.0. The molecule has 1 aromatic heterocycles. The van der Waals surface area contributed by atoms with E-state index in [1.54, 1.807) is 12.1 Å². The van der Waals surface area contributed by atoms with Crippen LogP contribution < -0.4 is 11.1 Å². The van der Waals surface area contributed by atoms with Crippen LogP contribution in [0, 0.1) is 0 Å². The van der Waals surface area contributed by atoms with E-state index in [0.29, 0.717) is 11.5 Å². The molecule has 1 aliphatic heterocycles. The van der Waals surface area contributed by atoms with Crippen LogP contribution in [0.2, 0.25) is 5.02 Å². The predicted molar refractivity (Wildman–Crippen MR) is 72.0 cm³/mol. The van der Waals surface area contributed by atoms with Crippen LogP contribution in [0.25, 0.3) is 0 Å². The Hall–Kier alpha value is -1.14. The van der Waals surface area contributed by atoms with Crippen molar-refractivity contribution < 1.29 is 9.00 Å². The van der Waals surface area contributed by atoms with Crippen LogP contribution in [-0.4, -0.2) is 32.6 Å². The molecule has 1 amide bonds. The van der Waals surface area contributed by atoms with Crippen LogP contribution in [-0.2, 0) is 10.8 Å². The van der Waals surface area contributed by atoms with Crippen LogP contribution in [0.5, 0.6) is 0 Å². The number of anilines is 1. The Labute approximate surface area is 113 Å². The molecule has 1 aliphatic rings. The third-order valence-electron chi connectivity index (χ3n) is 2.81. The summed E-state index contributed by atoms with van der Waals surface area (Å²) in [6, 6.07) is 3.13. The van der Waals surface area contributed by atoms with Gasteiger partial charge in [-0.25, -0.2) is 4.98 Å². The number of nitrogens with one attached hydrogen (secondary N) is 1. The molecule has 98 valence electrons. The molecule has 0 saturated carbocycles. The van der Waals surface area contributed by atoms with Crippen molar-refractivity contribution in [1.29, 1.82) is 0 Å². The molecule has 1 saturated heterocycles. The molecular weight excluding hydrogens is 274 g/mol. The summed E-state index contributed by atoms with van der Waals surface area (Å²) in [6.07, 6.45) is 1.44. The van der Waals surface area contributed by atoms with E-state index in [2.05, 4.69) is 10.3 Å². The normalized spacial score (nSPS) is 23.6. The van der Waals surface area contributed by atoms with Crippen molar-refractivity contribution in [3.8, 4) is 0 Å². The number of nitrogens with two attached hydrogens (primary N) is 1. The molecule has 2 rings (SSSR count). The van der Waals surface area contributed by atoms with Gasteiger partial charge in [0, 0.05) is 28.3 Å². The highest BCUT2D eigenvalue weighted by Gasteiger charge is 2.21. The number of nitrogens with zero attached hydrogens (tertiary/aromatic N) is 1. The molecule has 5 nitrogen and oxygen atoms in total. The van der Waals surface area contributed by atoms with Gasteiger partial charge in [0.15, 0.2) is 0 Å². The van der Waals surface area contributed by atoms with E-state index in [-0.39, 0.29) is 28.5 Å². The third kappa shape index (κ3) is 3.20. The van der Waals surface area contributed by atoms with Gasteiger partial charge in [-0.1, -0.05) is 11.6 Å². The Morgan fingerprint density at radius 2 is 2.11 bits per heavy atom. The summed E-state index contributed by atoms with van der Waals surface area (Å²) in [7, 11) is -0.741. The first kappa shape index (κ1) is 13.3. The number of rotatable bonds is 2. The van der Waals surface area contributed by atoms with Gasteiger partial charge in [-0.2, -0.15) is 0 Å². The van der Waals surface area contributed by atoms with Gasteiger partial charge >= 0.3 is 0 Å². The van der Waals surface area contributed by atoms with E-state index in [1.807, 2.05) is 0 Å². The molecule has 0 aliphatic carbocycles. The van der Waals surface area contributed by atoms with Crippen LogP contribution in [0.15, 0.2) is 12.1 Å². The highest BCUT2D eigenvalue weighted by atomic mass is 35.5. The standard InChI is InChI=1S/C11H14ClN3O2S/c12-8-1-2-9(13)15-10(8)11(16)14-7-3-5-18(17)6-4-7/h1-2,7H,3-6H2,(H2,13,15)(H,14,16). The van der Waals surface area contributed by atoms with Crippen molar-refractivity contribution >= 4 is 34.1 Å². The number of nitrogen functional groups attached to an aromatic ring is 1. The molecule has 7 heteroatoms. The quantitative estimate of drug-likeness (QED) is 0.848. The monoisotopic (exact) mass is 287 g/mol. The van der Waals surface area contributed by atoms with Crippen molar-refractivity contribution in [2.75, 3.05) is 17.2 Å². The van der Waals surface area contributed by atoms with Crippen molar-refractivity contribution in [2.24, 2.45) is 0 Å². The summed E-state index contributed by atoms with van der Waals surface area (Å²) in [6.45, 7) is 0. The molecule has 0 aromatic carbocycles. The number of amides is 1. The summed E-state index contributed by atoms with van der Waals surface area (Å²) in [5.74, 6) is 1.19. The Balaban J connectivity index is 2.03. The largest absolute Gasteiger partial charge is 0.384 e. The first-order valence-corrected chi connectivity index (χ1v) is 7.50. The van der Waals surface area contributed by atoms with E-state index in [0.717, 1.165) is 12.8 Å². The second kappa shape index (κ2) is 5.67. The zero-order chi connectivity index (χ0) is 13.1. The number of hydrogen-bond donors (Lipinski definition) is 2. The molecule has 1 fully saturated rings. The second-order valence-corrected chi connectivity index (χ2v) is 6.27. The van der Waals surface area contributed by atoms with E-state index in [4.69, 9.17) is 17.3 Å². The fourth-order valence-corrected chi connectivity index (χ4v) is 3.30. The Bertz CT molecular complexity index is 485. The number of pyridine rings is 1. The lowest BCUT2D eigenvalue weighted by molar-refractivity contribution is 0.0930. The van der Waals surface area contributed by atoms with Crippen LogP contribution in [0.3, 0.4) is 0 Å². The number of halogens is 1. The summed E-state index contributed by atoms with van der Waals surface area (Å²) in [5.41, 5.74) is 5.67. The van der Waals surface area contributed by atoms with Crippen LogP contribution >= 0.6 is 11.6 Å². The zero-order valence-corrected chi connectivity index (χ0v) is 11.3. The lowest BCUT2D eigenvalue weighted by Gasteiger charge is -2.22. The van der Waals surface area contributed by atoms with Gasteiger partial charge in [0.1, 0.15) is 11.5 Å². The lowest BCUT2D eigenvalue weighted by atomic mass is 10.1. The third-order valence-corrected chi connectivity index (χ3v) is 4.49. The van der Waals surface area contributed by atoms with E-state index >= 15 is 0 Å². The number of carbonyl (C=O) groups excluding carboxylic acids is 1. The molecule has 0 bridgehead atoms. The van der Waals surface area contributed by atoms with Gasteiger partial charge in [-0.3, -0.25) is 9.00 Å². The lowest BCUT2D eigenvalue weighted by Crippen LogP contribution is -2.40. The molecule has 0 unspecified atom stereocenters. The van der Waals surface area contributed by atoms with Crippen molar-refractivity contribution in [3.05, 3.63) is 22.8 Å². The minimum absolute atomic E-state index is 0.0366. The SMILES string of the molecule is Nc1ccc(Cl)c(C(=O)NC2CCS(=O)CC2)n1. The average molecular weight is 288 g/mol. The molecular formula is C11H14ClN3O2S. The van der Waals surface area contributed by atoms with Crippen molar-refractivity contribution in [3.63, 3.8) is 0 Å². The molecule has 18 heavy (non-hydrogen) atoms. The van der Waals surface area contributed by atoms with Gasteiger partial charge in [0.25, 0.3) is 5.91 Å². The van der Waals surface area contributed by atoms with Gasteiger partial charge in [0.05, 0.1) is 5.02 Å². The predicted octanol–water partition coefficient (Wildman–Crippen LogP) is 0.958. The first-order valence-electron chi connectivity index (χ1n) is 5.64. The molecule has 2 heterocycles. The van der Waals surface area contributed by atoms with Crippen molar-refractivity contribution in [1.82, 2.24) is 10.3 Å². The zero-order valence-electron chi connectivity index (χ0n) is 9.69. The van der Waals surface area contributed by atoms with E-state index < -0.39 is 10.8 Å². The van der Waals surface area contributed by atoms with E-state index in [9.17, 15) is 9.00 Å². The van der Waals surface area contributed by atoms with Gasteiger partial charge < -0.3 is 11.1 Å². The maximum Gasteiger partial charge on any atom is 0.271 e. The summed E-state index contributed by atoms with van der Waals surface area (Å²) in [5, 5.41) is 3.13. The Morgan fingerprint density at radius 3 is 2.78 bits per heavy atom. The fraction of sp³-hybridized carbons (Fsp3) is 0.455. The minimum atomic E-state index is -0.741. The average Bonchev–Trinajstić information content (AvgIpc) is 2.35. The first-order chi connectivity index (χ1) is 8.56. The summed E-state index contributed by atoms with van der Waals surface area (Å²) >= 11 is 5.90. The van der Waals surface area contributed by atoms with Gasteiger partial charge in [0.2, 0.25) is 0 Å². The van der Waals surface area contributed by atoms with Crippen molar-refractivity contribution in [2.45, 2.75) is 18.9 Å². The summed E-state index contributed by atoms with van der Waals surface area (Å²) < 4.78 is 11.2. The Kier molecular flexibility index (Phi) is 4.19. The highest BCUT2D eigenvalue weighted by molar-refractivity contribution is 7.85. The molecule has 0 atom stereocenters. The Morgan fingerprint density at radius 1 is 1.44 bits per heavy atom. The van der Waals surface area contributed by atoms with E-state index in [1.165, 1.54) is 0 Å². The maximum absolute atomic E-state index is 12.0. The smallest absolute Gasteiger partial charge is 0.271 e. The van der Waals surface area contributed by atoms with Crippen LogP contribution in [0.1, 0.15) is 23.3 Å².